The van der Waals surface area contributed by atoms with Gasteiger partial charge in [0, 0.05) is 13.0 Å². The molecule has 1 aliphatic heterocycles. The van der Waals surface area contributed by atoms with Gasteiger partial charge >= 0.3 is 13.2 Å². The monoisotopic (exact) mass is 549 g/mol. The summed E-state index contributed by atoms with van der Waals surface area (Å²) in [6.45, 7) is 18.3. The Morgan fingerprint density at radius 2 is 1.77 bits per heavy atom. The summed E-state index contributed by atoms with van der Waals surface area (Å²) >= 11 is 0. The first-order valence-electron chi connectivity index (χ1n) is 15.0. The highest BCUT2D eigenvalue weighted by Crippen LogP contribution is 2.65. The minimum Gasteiger partial charge on any atom is -0.444 e. The van der Waals surface area contributed by atoms with E-state index in [9.17, 15) is 14.4 Å². The van der Waals surface area contributed by atoms with Crippen LogP contribution in [0.5, 0.6) is 0 Å². The second kappa shape index (κ2) is 12.4. The average Bonchev–Trinajstić information content (AvgIpc) is 3.17. The van der Waals surface area contributed by atoms with Crippen LogP contribution < -0.4 is 16.0 Å². The van der Waals surface area contributed by atoms with E-state index < -0.39 is 36.7 Å². The van der Waals surface area contributed by atoms with Crippen molar-refractivity contribution >= 4 is 25.0 Å². The van der Waals surface area contributed by atoms with Gasteiger partial charge in [0.15, 0.2) is 0 Å². The molecule has 3 N–H and O–H groups in total. The molecule has 0 aromatic heterocycles. The Kier molecular flexibility index (Phi) is 10.1. The molecule has 10 heteroatoms. The summed E-state index contributed by atoms with van der Waals surface area (Å²) in [6.07, 6.45) is 5.20. The number of nitrogens with one attached hydrogen (secondary N) is 3. The normalized spacial score (nSPS) is 28.7. The number of carbonyl (C=O) groups is 3. The summed E-state index contributed by atoms with van der Waals surface area (Å²) in [7, 11) is -0.577. The number of unbranched alkanes of at least 4 members (excludes halogenated alkanes) is 2. The van der Waals surface area contributed by atoms with Crippen LogP contribution in [0.4, 0.5) is 4.79 Å². The smallest absolute Gasteiger partial charge is 0.444 e. The van der Waals surface area contributed by atoms with Crippen molar-refractivity contribution in [2.24, 2.45) is 23.2 Å². The van der Waals surface area contributed by atoms with E-state index in [1.165, 1.54) is 0 Å². The Labute approximate surface area is 235 Å². The van der Waals surface area contributed by atoms with Crippen molar-refractivity contribution < 1.29 is 28.4 Å². The van der Waals surface area contributed by atoms with Gasteiger partial charge in [-0.05, 0) is 76.5 Å². The van der Waals surface area contributed by atoms with E-state index in [1.54, 1.807) is 20.8 Å². The Balaban J connectivity index is 1.70. The Morgan fingerprint density at radius 3 is 2.36 bits per heavy atom. The van der Waals surface area contributed by atoms with Crippen molar-refractivity contribution in [1.29, 1.82) is 0 Å². The minimum absolute atomic E-state index is 0.00364. The van der Waals surface area contributed by atoms with Crippen molar-refractivity contribution in [3.05, 3.63) is 0 Å². The molecule has 0 aromatic rings. The first-order chi connectivity index (χ1) is 18.1. The molecule has 0 aromatic carbocycles. The maximum absolute atomic E-state index is 13.6. The molecular formula is C29H52BN3O6. The van der Waals surface area contributed by atoms with E-state index in [4.69, 9.17) is 14.0 Å². The fraction of sp³-hybridized carbons (Fsp3) is 0.897. The minimum atomic E-state index is -1.00. The van der Waals surface area contributed by atoms with E-state index >= 15 is 0 Å². The highest BCUT2D eigenvalue weighted by molar-refractivity contribution is 6.48. The maximum Gasteiger partial charge on any atom is 0.481 e. The molecule has 1 saturated heterocycles. The molecule has 4 rings (SSSR count). The van der Waals surface area contributed by atoms with Gasteiger partial charge in [-0.15, -0.1) is 0 Å². The highest BCUT2D eigenvalue weighted by Gasteiger charge is 2.68. The number of carbonyl (C=O) groups excluding carboxylic acids is 3. The fourth-order valence-electron chi connectivity index (χ4n) is 6.60. The lowest BCUT2D eigenvalue weighted by Gasteiger charge is -2.64. The lowest BCUT2D eigenvalue weighted by molar-refractivity contribution is -0.199. The quantitative estimate of drug-likeness (QED) is 0.246. The number of hydrogen-bond acceptors (Lipinski definition) is 6. The SMILES string of the molecule is CCCCCC(=O)NC[C@H](NC(=O)OC(C)(C)C)C(=O)N[C@@H](CC(C)C)B1O[C@@H]2C[C@@H]3C[C@@H](C3(C)C)[C@]2(C)O1. The molecule has 3 aliphatic carbocycles. The third-order valence-electron chi connectivity index (χ3n) is 8.87. The van der Waals surface area contributed by atoms with E-state index in [0.29, 0.717) is 24.7 Å². The van der Waals surface area contributed by atoms with Crippen LogP contribution in [0.3, 0.4) is 0 Å². The Morgan fingerprint density at radius 1 is 1.08 bits per heavy atom. The second-order valence-electron chi connectivity index (χ2n) is 14.0. The topological polar surface area (TPSA) is 115 Å². The molecule has 1 heterocycles. The molecule has 6 atom stereocenters. The van der Waals surface area contributed by atoms with E-state index in [1.807, 2.05) is 0 Å². The van der Waals surface area contributed by atoms with Gasteiger partial charge in [-0.2, -0.15) is 0 Å². The first-order valence-corrected chi connectivity index (χ1v) is 15.0. The van der Waals surface area contributed by atoms with Crippen molar-refractivity contribution in [2.75, 3.05) is 6.54 Å². The van der Waals surface area contributed by atoms with Crippen LogP contribution in [0.1, 0.15) is 107 Å². The summed E-state index contributed by atoms with van der Waals surface area (Å²) in [6, 6.07) is -1.00. The molecule has 0 spiro atoms. The molecule has 0 unspecified atom stereocenters. The lowest BCUT2D eigenvalue weighted by Crippen LogP contribution is -2.65. The van der Waals surface area contributed by atoms with Gasteiger partial charge in [-0.1, -0.05) is 47.5 Å². The molecular weight excluding hydrogens is 497 g/mol. The molecule has 3 amide bonds. The van der Waals surface area contributed by atoms with Gasteiger partial charge in [0.05, 0.1) is 17.6 Å². The molecule has 4 fully saturated rings. The number of rotatable bonds is 12. The van der Waals surface area contributed by atoms with Gasteiger partial charge in [0.25, 0.3) is 0 Å². The number of alkyl carbamates (subject to hydrolysis) is 1. The summed E-state index contributed by atoms with van der Waals surface area (Å²) in [5, 5.41) is 8.57. The van der Waals surface area contributed by atoms with Crippen LogP contribution >= 0.6 is 0 Å². The standard InChI is InChI=1S/C29H52BN3O6/c1-10-11-12-13-24(34)31-17-20(32-26(36)37-27(4,5)6)25(35)33-23(14-18(2)3)30-38-22-16-19-15-21(28(19,7)8)29(22,9)39-30/h18-23H,10-17H2,1-9H3,(H,31,34)(H,32,36)(H,33,35)/t19-,20-,21-,22+,23-,29-/m0/s1. The fourth-order valence-corrected chi connectivity index (χ4v) is 6.60. The Hall–Kier alpha value is -1.81. The summed E-state index contributed by atoms with van der Waals surface area (Å²) in [5.41, 5.74) is -0.887. The molecule has 2 bridgehead atoms. The average molecular weight is 550 g/mol. The summed E-state index contributed by atoms with van der Waals surface area (Å²) in [4.78, 5) is 38.6. The summed E-state index contributed by atoms with van der Waals surface area (Å²) < 4.78 is 18.5. The van der Waals surface area contributed by atoms with E-state index in [0.717, 1.165) is 32.1 Å². The van der Waals surface area contributed by atoms with Crippen LogP contribution in [0.25, 0.3) is 0 Å². The van der Waals surface area contributed by atoms with E-state index in [-0.39, 0.29) is 35.5 Å². The number of amides is 3. The van der Waals surface area contributed by atoms with Crippen molar-refractivity contribution in [2.45, 2.75) is 137 Å². The number of ether oxygens (including phenoxy) is 1. The predicted octanol–water partition coefficient (Wildman–Crippen LogP) is 4.37. The van der Waals surface area contributed by atoms with E-state index in [2.05, 4.69) is 57.5 Å². The van der Waals surface area contributed by atoms with Crippen LogP contribution in [-0.2, 0) is 23.6 Å². The van der Waals surface area contributed by atoms with Crippen molar-refractivity contribution in [1.82, 2.24) is 16.0 Å². The largest absolute Gasteiger partial charge is 0.481 e. The molecule has 0 radical (unpaired) electrons. The third kappa shape index (κ3) is 7.69. The van der Waals surface area contributed by atoms with Crippen molar-refractivity contribution in [3.8, 4) is 0 Å². The third-order valence-corrected chi connectivity index (χ3v) is 8.87. The van der Waals surface area contributed by atoms with Gasteiger partial charge in [0.2, 0.25) is 11.8 Å². The van der Waals surface area contributed by atoms with Gasteiger partial charge < -0.3 is 30.0 Å². The van der Waals surface area contributed by atoms with Crippen LogP contribution in [0, 0.1) is 23.2 Å². The van der Waals surface area contributed by atoms with Crippen LogP contribution in [0.2, 0.25) is 0 Å². The summed E-state index contributed by atoms with van der Waals surface area (Å²) in [5.74, 6) is 0.370. The molecule has 222 valence electrons. The maximum atomic E-state index is 13.6. The molecule has 39 heavy (non-hydrogen) atoms. The Bertz CT molecular complexity index is 891. The zero-order valence-electron chi connectivity index (χ0n) is 25.6. The van der Waals surface area contributed by atoms with Gasteiger partial charge in [0.1, 0.15) is 11.6 Å². The first kappa shape index (κ1) is 31.7. The van der Waals surface area contributed by atoms with Crippen molar-refractivity contribution in [3.63, 3.8) is 0 Å². The zero-order chi connectivity index (χ0) is 29.2. The van der Waals surface area contributed by atoms with Crippen LogP contribution in [-0.4, -0.2) is 60.9 Å². The second-order valence-corrected chi connectivity index (χ2v) is 14.0. The van der Waals surface area contributed by atoms with Gasteiger partial charge in [-0.3, -0.25) is 9.59 Å². The molecule has 9 nitrogen and oxygen atoms in total. The lowest BCUT2D eigenvalue weighted by atomic mass is 9.43. The predicted molar refractivity (Wildman–Crippen MR) is 152 cm³/mol. The van der Waals surface area contributed by atoms with Crippen LogP contribution in [0.15, 0.2) is 0 Å². The van der Waals surface area contributed by atoms with Gasteiger partial charge in [-0.25, -0.2) is 4.79 Å². The highest BCUT2D eigenvalue weighted by atomic mass is 16.7. The molecule has 3 saturated carbocycles. The molecule has 4 aliphatic rings. The number of hydrogen-bond donors (Lipinski definition) is 3. The zero-order valence-corrected chi connectivity index (χ0v) is 25.6.